The molecule has 3 aromatic rings. The fraction of sp³-hybridized carbons (Fsp3) is 0.407. The Hall–Kier alpha value is -2.57. The lowest BCUT2D eigenvalue weighted by atomic mass is 10.1. The van der Waals surface area contributed by atoms with Gasteiger partial charge in [-0.3, -0.25) is 9.59 Å². The van der Waals surface area contributed by atoms with E-state index in [0.29, 0.717) is 37.0 Å². The van der Waals surface area contributed by atoms with Crippen LogP contribution in [-0.2, 0) is 17.9 Å². The van der Waals surface area contributed by atoms with Crippen LogP contribution in [0.5, 0.6) is 0 Å². The normalized spacial score (nSPS) is 11.3. The number of halogens is 1. The van der Waals surface area contributed by atoms with Crippen molar-refractivity contribution in [2.45, 2.75) is 40.8 Å². The molecule has 2 aromatic heterocycles. The average Bonchev–Trinajstić information content (AvgIpc) is 3.46. The van der Waals surface area contributed by atoms with Gasteiger partial charge in [0, 0.05) is 36.5 Å². The second kappa shape index (κ2) is 12.2. The molecule has 0 unspecified atom stereocenters. The van der Waals surface area contributed by atoms with E-state index in [-0.39, 0.29) is 24.3 Å². The minimum absolute atomic E-state index is 0.0373. The van der Waals surface area contributed by atoms with Crippen molar-refractivity contribution >= 4 is 34.8 Å². The average molecular weight is 500 g/mol. The van der Waals surface area contributed by atoms with E-state index in [1.807, 2.05) is 65.0 Å². The molecule has 0 aliphatic carbocycles. The Kier molecular flexibility index (Phi) is 9.36. The second-order valence-electron chi connectivity index (χ2n) is 9.44. The first-order valence-corrected chi connectivity index (χ1v) is 13.0. The van der Waals surface area contributed by atoms with Gasteiger partial charge in [-0.15, -0.1) is 11.3 Å². The van der Waals surface area contributed by atoms with E-state index >= 15 is 0 Å². The standard InChI is InChI=1S/C27H34ClN3O2S/c1-20(2)15-30(18-23-10-7-13-29(23)17-22-9-5-6-11-24(22)28)26(32)19-31(16-21(3)4)27(33)25-12-8-14-34-25/h5-14,20-21H,15-19H2,1-4H3. The molecule has 5 nitrogen and oxygen atoms in total. The summed E-state index contributed by atoms with van der Waals surface area (Å²) in [5.41, 5.74) is 2.07. The van der Waals surface area contributed by atoms with Crippen LogP contribution in [0.1, 0.15) is 48.6 Å². The summed E-state index contributed by atoms with van der Waals surface area (Å²) in [5.74, 6) is 0.457. The van der Waals surface area contributed by atoms with Gasteiger partial charge >= 0.3 is 0 Å². The van der Waals surface area contributed by atoms with Crippen LogP contribution in [-0.4, -0.2) is 45.8 Å². The van der Waals surface area contributed by atoms with Gasteiger partial charge in [-0.25, -0.2) is 0 Å². The molecule has 0 fully saturated rings. The molecule has 2 amide bonds. The molecule has 0 aliphatic rings. The number of nitrogens with zero attached hydrogens (tertiary/aromatic N) is 3. The Morgan fingerprint density at radius 2 is 1.65 bits per heavy atom. The summed E-state index contributed by atoms with van der Waals surface area (Å²) in [6, 6.07) is 15.5. The van der Waals surface area contributed by atoms with Gasteiger partial charge in [0.25, 0.3) is 5.91 Å². The maximum Gasteiger partial charge on any atom is 0.264 e. The Morgan fingerprint density at radius 1 is 0.941 bits per heavy atom. The SMILES string of the molecule is CC(C)CN(Cc1cccn1Cc1ccccc1Cl)C(=O)CN(CC(C)C)C(=O)c1cccs1. The molecule has 0 radical (unpaired) electrons. The minimum Gasteiger partial charge on any atom is -0.345 e. The summed E-state index contributed by atoms with van der Waals surface area (Å²) in [6.07, 6.45) is 2.02. The molecule has 182 valence electrons. The van der Waals surface area contributed by atoms with Crippen LogP contribution < -0.4 is 0 Å². The molecule has 0 N–H and O–H groups in total. The zero-order valence-electron chi connectivity index (χ0n) is 20.4. The fourth-order valence-electron chi connectivity index (χ4n) is 3.93. The van der Waals surface area contributed by atoms with E-state index in [9.17, 15) is 9.59 Å². The molecule has 0 saturated carbocycles. The monoisotopic (exact) mass is 499 g/mol. The predicted octanol–water partition coefficient (Wildman–Crippen LogP) is 6.03. The molecule has 34 heavy (non-hydrogen) atoms. The Balaban J connectivity index is 1.77. The lowest BCUT2D eigenvalue weighted by Crippen LogP contribution is -2.45. The summed E-state index contributed by atoms with van der Waals surface area (Å²) in [7, 11) is 0. The van der Waals surface area contributed by atoms with E-state index in [1.54, 1.807) is 4.90 Å². The summed E-state index contributed by atoms with van der Waals surface area (Å²) >= 11 is 7.78. The van der Waals surface area contributed by atoms with Crippen molar-refractivity contribution in [3.05, 3.63) is 81.3 Å². The van der Waals surface area contributed by atoms with Gasteiger partial charge in [0.1, 0.15) is 6.54 Å². The summed E-state index contributed by atoms with van der Waals surface area (Å²) in [5, 5.41) is 2.62. The van der Waals surface area contributed by atoms with E-state index < -0.39 is 0 Å². The van der Waals surface area contributed by atoms with Crippen molar-refractivity contribution in [3.8, 4) is 0 Å². The lowest BCUT2D eigenvalue weighted by Gasteiger charge is -2.30. The number of carbonyl (C=O) groups is 2. The molecular weight excluding hydrogens is 466 g/mol. The van der Waals surface area contributed by atoms with Gasteiger partial charge in [-0.2, -0.15) is 0 Å². The molecule has 7 heteroatoms. The number of benzene rings is 1. The minimum atomic E-state index is -0.0800. The second-order valence-corrected chi connectivity index (χ2v) is 10.8. The van der Waals surface area contributed by atoms with Crippen LogP contribution in [0.25, 0.3) is 0 Å². The van der Waals surface area contributed by atoms with E-state index in [0.717, 1.165) is 16.3 Å². The van der Waals surface area contributed by atoms with Gasteiger partial charge in [0.05, 0.1) is 11.4 Å². The molecule has 0 aliphatic heterocycles. The molecule has 1 aromatic carbocycles. The van der Waals surface area contributed by atoms with Crippen molar-refractivity contribution < 1.29 is 9.59 Å². The Morgan fingerprint density at radius 3 is 2.29 bits per heavy atom. The molecule has 0 atom stereocenters. The third-order valence-corrected chi connectivity index (χ3v) is 6.67. The maximum absolute atomic E-state index is 13.5. The van der Waals surface area contributed by atoms with Crippen molar-refractivity contribution in [1.29, 1.82) is 0 Å². The lowest BCUT2D eigenvalue weighted by molar-refractivity contribution is -0.133. The summed E-state index contributed by atoms with van der Waals surface area (Å²) in [6.45, 7) is 10.7. The smallest absolute Gasteiger partial charge is 0.264 e. The highest BCUT2D eigenvalue weighted by molar-refractivity contribution is 7.12. The number of amides is 2. The summed E-state index contributed by atoms with van der Waals surface area (Å²) in [4.78, 5) is 30.8. The topological polar surface area (TPSA) is 45.6 Å². The van der Waals surface area contributed by atoms with Gasteiger partial charge in [0.15, 0.2) is 0 Å². The highest BCUT2D eigenvalue weighted by Gasteiger charge is 2.24. The van der Waals surface area contributed by atoms with Crippen molar-refractivity contribution in [2.24, 2.45) is 11.8 Å². The number of rotatable bonds is 11. The third-order valence-electron chi connectivity index (χ3n) is 5.44. The first-order chi connectivity index (χ1) is 16.2. The van der Waals surface area contributed by atoms with Gasteiger partial charge in [-0.1, -0.05) is 63.6 Å². The molecule has 0 saturated heterocycles. The molecule has 0 bridgehead atoms. The number of hydrogen-bond acceptors (Lipinski definition) is 3. The predicted molar refractivity (Wildman–Crippen MR) is 140 cm³/mol. The highest BCUT2D eigenvalue weighted by Crippen LogP contribution is 2.19. The molecule has 0 spiro atoms. The first kappa shape index (κ1) is 26.0. The quantitative estimate of drug-likeness (QED) is 0.323. The van der Waals surface area contributed by atoms with Gasteiger partial charge in [-0.05, 0) is 47.0 Å². The summed E-state index contributed by atoms with van der Waals surface area (Å²) < 4.78 is 2.13. The Labute approximate surface area is 211 Å². The van der Waals surface area contributed by atoms with Crippen molar-refractivity contribution in [2.75, 3.05) is 19.6 Å². The third kappa shape index (κ3) is 7.21. The van der Waals surface area contributed by atoms with Crippen LogP contribution in [0.2, 0.25) is 5.02 Å². The van der Waals surface area contributed by atoms with E-state index in [2.05, 4.69) is 32.3 Å². The largest absolute Gasteiger partial charge is 0.345 e. The first-order valence-electron chi connectivity index (χ1n) is 11.7. The van der Waals surface area contributed by atoms with Crippen molar-refractivity contribution in [3.63, 3.8) is 0 Å². The maximum atomic E-state index is 13.5. The highest BCUT2D eigenvalue weighted by atomic mass is 35.5. The van der Waals surface area contributed by atoms with E-state index in [4.69, 9.17) is 11.6 Å². The van der Waals surface area contributed by atoms with Crippen LogP contribution in [0.3, 0.4) is 0 Å². The molecular formula is C27H34ClN3O2S. The van der Waals surface area contributed by atoms with Crippen LogP contribution in [0.15, 0.2) is 60.1 Å². The van der Waals surface area contributed by atoms with Gasteiger partial charge in [0.2, 0.25) is 5.91 Å². The number of aromatic nitrogens is 1. The zero-order chi connectivity index (χ0) is 24.7. The Bertz CT molecular complexity index is 1080. The van der Waals surface area contributed by atoms with Gasteiger partial charge < -0.3 is 14.4 Å². The van der Waals surface area contributed by atoms with Crippen LogP contribution in [0, 0.1) is 11.8 Å². The number of thiophene rings is 1. The fourth-order valence-corrected chi connectivity index (χ4v) is 4.81. The van der Waals surface area contributed by atoms with Crippen LogP contribution in [0.4, 0.5) is 0 Å². The zero-order valence-corrected chi connectivity index (χ0v) is 22.0. The van der Waals surface area contributed by atoms with E-state index in [1.165, 1.54) is 11.3 Å². The van der Waals surface area contributed by atoms with Crippen LogP contribution >= 0.6 is 22.9 Å². The molecule has 3 rings (SSSR count). The number of carbonyl (C=O) groups excluding carboxylic acids is 2. The van der Waals surface area contributed by atoms with Crippen molar-refractivity contribution in [1.82, 2.24) is 14.4 Å². The number of hydrogen-bond donors (Lipinski definition) is 0. The molecule has 2 heterocycles.